The van der Waals surface area contributed by atoms with Gasteiger partial charge in [0.15, 0.2) is 0 Å². The highest BCUT2D eigenvalue weighted by Crippen LogP contribution is 2.15. The largest absolute Gasteiger partial charge is 0.469 e. The molecule has 2 heterocycles. The van der Waals surface area contributed by atoms with Gasteiger partial charge in [0.25, 0.3) is 0 Å². The number of rotatable bonds is 6. The molecule has 0 saturated carbocycles. The minimum Gasteiger partial charge on any atom is -0.469 e. The summed E-state index contributed by atoms with van der Waals surface area (Å²) in [5.41, 5.74) is 1.17. The Kier molecular flexibility index (Phi) is 4.05. The molecule has 0 fully saturated rings. The first-order valence-electron chi connectivity index (χ1n) is 7.16. The van der Waals surface area contributed by atoms with E-state index in [1.807, 2.05) is 30.5 Å². The lowest BCUT2D eigenvalue weighted by molar-refractivity contribution is -0.121. The standard InChI is InChI=1S/C17H18N2O2/c20-17(18-10-7-15-5-3-13-21-15)9-12-19-11-8-14-4-1-2-6-16(14)19/h1-6,8,11,13H,7,9-10,12H2,(H,18,20). The smallest absolute Gasteiger partial charge is 0.221 e. The van der Waals surface area contributed by atoms with Crippen LogP contribution in [0, 0.1) is 0 Å². The normalized spacial score (nSPS) is 10.9. The Labute approximate surface area is 123 Å². The second-order valence-electron chi connectivity index (χ2n) is 5.00. The first-order chi connectivity index (χ1) is 10.3. The molecule has 0 aliphatic heterocycles. The van der Waals surface area contributed by atoms with E-state index in [2.05, 4.69) is 28.1 Å². The predicted octanol–water partition coefficient (Wildman–Crippen LogP) is 2.98. The van der Waals surface area contributed by atoms with Crippen molar-refractivity contribution in [1.82, 2.24) is 9.88 Å². The monoisotopic (exact) mass is 282 g/mol. The summed E-state index contributed by atoms with van der Waals surface area (Å²) in [5.74, 6) is 0.964. The average molecular weight is 282 g/mol. The van der Waals surface area contributed by atoms with Crippen molar-refractivity contribution in [1.29, 1.82) is 0 Å². The highest BCUT2D eigenvalue weighted by atomic mass is 16.3. The number of amides is 1. The summed E-state index contributed by atoms with van der Waals surface area (Å²) >= 11 is 0. The van der Waals surface area contributed by atoms with Gasteiger partial charge in [0.2, 0.25) is 5.91 Å². The van der Waals surface area contributed by atoms with Crippen molar-refractivity contribution in [3.05, 3.63) is 60.7 Å². The second-order valence-corrected chi connectivity index (χ2v) is 5.00. The molecular formula is C17H18N2O2. The molecule has 0 radical (unpaired) electrons. The lowest BCUT2D eigenvalue weighted by Crippen LogP contribution is -2.26. The van der Waals surface area contributed by atoms with Gasteiger partial charge in [-0.2, -0.15) is 0 Å². The molecule has 4 nitrogen and oxygen atoms in total. The molecule has 0 aliphatic carbocycles. The van der Waals surface area contributed by atoms with Gasteiger partial charge < -0.3 is 14.3 Å². The van der Waals surface area contributed by atoms with Crippen molar-refractivity contribution in [3.8, 4) is 0 Å². The van der Waals surface area contributed by atoms with Crippen LogP contribution in [0.2, 0.25) is 0 Å². The van der Waals surface area contributed by atoms with Gasteiger partial charge in [-0.05, 0) is 29.7 Å². The summed E-state index contributed by atoms with van der Waals surface area (Å²) in [6, 6.07) is 14.0. The van der Waals surface area contributed by atoms with Crippen LogP contribution in [0.15, 0.2) is 59.3 Å². The maximum Gasteiger partial charge on any atom is 0.221 e. The van der Waals surface area contributed by atoms with E-state index < -0.39 is 0 Å². The van der Waals surface area contributed by atoms with Crippen LogP contribution in [0.4, 0.5) is 0 Å². The van der Waals surface area contributed by atoms with E-state index in [1.54, 1.807) is 6.26 Å². The maximum absolute atomic E-state index is 11.8. The minimum atomic E-state index is 0.0688. The third-order valence-electron chi connectivity index (χ3n) is 3.53. The molecule has 0 atom stereocenters. The van der Waals surface area contributed by atoms with Crippen LogP contribution in [0.25, 0.3) is 10.9 Å². The van der Waals surface area contributed by atoms with Crippen LogP contribution in [0.1, 0.15) is 12.2 Å². The summed E-state index contributed by atoms with van der Waals surface area (Å²) in [5, 5.41) is 4.12. The zero-order valence-corrected chi connectivity index (χ0v) is 11.8. The highest BCUT2D eigenvalue weighted by Gasteiger charge is 2.04. The Morgan fingerprint density at radius 2 is 2.05 bits per heavy atom. The molecule has 1 N–H and O–H groups in total. The number of fused-ring (bicyclic) bond motifs is 1. The number of para-hydroxylation sites is 1. The van der Waals surface area contributed by atoms with E-state index in [0.29, 0.717) is 19.5 Å². The Morgan fingerprint density at radius 1 is 1.14 bits per heavy atom. The molecule has 0 aliphatic rings. The number of hydrogen-bond donors (Lipinski definition) is 1. The summed E-state index contributed by atoms with van der Waals surface area (Å²) in [4.78, 5) is 11.8. The lowest BCUT2D eigenvalue weighted by Gasteiger charge is -2.06. The number of nitrogens with zero attached hydrogens (tertiary/aromatic N) is 1. The van der Waals surface area contributed by atoms with Crippen molar-refractivity contribution in [2.75, 3.05) is 6.54 Å². The molecule has 4 heteroatoms. The number of benzene rings is 1. The first kappa shape index (κ1) is 13.5. The SMILES string of the molecule is O=C(CCn1ccc2ccccc21)NCCc1ccco1. The molecule has 21 heavy (non-hydrogen) atoms. The third kappa shape index (κ3) is 3.34. The maximum atomic E-state index is 11.8. The van der Waals surface area contributed by atoms with Crippen molar-refractivity contribution in [3.63, 3.8) is 0 Å². The minimum absolute atomic E-state index is 0.0688. The second kappa shape index (κ2) is 6.31. The van der Waals surface area contributed by atoms with Gasteiger partial charge in [-0.15, -0.1) is 0 Å². The molecule has 0 bridgehead atoms. The van der Waals surface area contributed by atoms with Crippen molar-refractivity contribution < 1.29 is 9.21 Å². The van der Waals surface area contributed by atoms with Crippen LogP contribution >= 0.6 is 0 Å². The fourth-order valence-electron chi connectivity index (χ4n) is 2.43. The van der Waals surface area contributed by atoms with E-state index in [9.17, 15) is 4.79 Å². The molecule has 3 aromatic rings. The number of carbonyl (C=O) groups is 1. The fraction of sp³-hybridized carbons (Fsp3) is 0.235. The first-order valence-corrected chi connectivity index (χ1v) is 7.16. The number of nitrogens with one attached hydrogen (secondary N) is 1. The zero-order valence-electron chi connectivity index (χ0n) is 11.8. The molecule has 3 rings (SSSR count). The van der Waals surface area contributed by atoms with Crippen LogP contribution < -0.4 is 5.32 Å². The Balaban J connectivity index is 1.47. The van der Waals surface area contributed by atoms with Gasteiger partial charge in [0, 0.05) is 37.6 Å². The number of hydrogen-bond acceptors (Lipinski definition) is 2. The van der Waals surface area contributed by atoms with Crippen LogP contribution in [0.5, 0.6) is 0 Å². The summed E-state index contributed by atoms with van der Waals surface area (Å²) in [7, 11) is 0. The Hall–Kier alpha value is -2.49. The number of carbonyl (C=O) groups excluding carboxylic acids is 1. The van der Waals surface area contributed by atoms with Crippen LogP contribution in [-0.2, 0) is 17.8 Å². The molecular weight excluding hydrogens is 264 g/mol. The van der Waals surface area contributed by atoms with Gasteiger partial charge in [0.1, 0.15) is 5.76 Å². The fourth-order valence-corrected chi connectivity index (χ4v) is 2.43. The van der Waals surface area contributed by atoms with Crippen molar-refractivity contribution >= 4 is 16.8 Å². The predicted molar refractivity (Wildman–Crippen MR) is 82.0 cm³/mol. The number of furan rings is 1. The summed E-state index contributed by atoms with van der Waals surface area (Å²) in [6.45, 7) is 1.30. The molecule has 108 valence electrons. The molecule has 1 amide bonds. The van der Waals surface area contributed by atoms with Gasteiger partial charge >= 0.3 is 0 Å². The van der Waals surface area contributed by atoms with Gasteiger partial charge in [-0.1, -0.05) is 18.2 Å². The van der Waals surface area contributed by atoms with E-state index in [4.69, 9.17) is 4.42 Å². The van der Waals surface area contributed by atoms with Crippen molar-refractivity contribution in [2.24, 2.45) is 0 Å². The van der Waals surface area contributed by atoms with E-state index in [1.165, 1.54) is 10.9 Å². The Bertz CT molecular complexity index is 713. The van der Waals surface area contributed by atoms with Gasteiger partial charge in [0.05, 0.1) is 6.26 Å². The molecule has 0 unspecified atom stereocenters. The molecule has 0 spiro atoms. The lowest BCUT2D eigenvalue weighted by atomic mass is 10.2. The number of aromatic nitrogens is 1. The quantitative estimate of drug-likeness (QED) is 0.755. The van der Waals surface area contributed by atoms with E-state index >= 15 is 0 Å². The average Bonchev–Trinajstić information content (AvgIpc) is 3.14. The molecule has 0 saturated heterocycles. The van der Waals surface area contributed by atoms with Gasteiger partial charge in [-0.25, -0.2) is 0 Å². The van der Waals surface area contributed by atoms with Crippen molar-refractivity contribution in [2.45, 2.75) is 19.4 Å². The number of aryl methyl sites for hydroxylation is 1. The van der Waals surface area contributed by atoms with Crippen LogP contribution in [-0.4, -0.2) is 17.0 Å². The summed E-state index contributed by atoms with van der Waals surface area (Å²) < 4.78 is 7.34. The summed E-state index contributed by atoms with van der Waals surface area (Å²) in [6.07, 6.45) is 4.89. The van der Waals surface area contributed by atoms with Gasteiger partial charge in [-0.3, -0.25) is 4.79 Å². The molecule has 2 aromatic heterocycles. The van der Waals surface area contributed by atoms with Crippen LogP contribution in [0.3, 0.4) is 0 Å². The Morgan fingerprint density at radius 3 is 2.90 bits per heavy atom. The highest BCUT2D eigenvalue weighted by molar-refractivity contribution is 5.80. The zero-order chi connectivity index (χ0) is 14.5. The van der Waals surface area contributed by atoms with E-state index in [0.717, 1.165) is 12.2 Å². The third-order valence-corrected chi connectivity index (χ3v) is 3.53. The molecule has 1 aromatic carbocycles. The van der Waals surface area contributed by atoms with E-state index in [-0.39, 0.29) is 5.91 Å². The topological polar surface area (TPSA) is 47.2 Å².